The number of aryl methyl sites for hydroxylation is 1. The molecule has 4 heterocycles. The first-order chi connectivity index (χ1) is 38.4. The van der Waals surface area contributed by atoms with Crippen molar-refractivity contribution in [2.75, 3.05) is 9.80 Å². The Hall–Kier alpha value is -7.40. The van der Waals surface area contributed by atoms with Gasteiger partial charge in [-0.2, -0.15) is 6.07 Å². The summed E-state index contributed by atoms with van der Waals surface area (Å²) in [6.07, 6.45) is 1.14. The van der Waals surface area contributed by atoms with Crippen molar-refractivity contribution in [1.82, 2.24) is 14.1 Å². The number of fused-ring (bicyclic) bond motifs is 7. The molecule has 12 rings (SSSR count). The number of aromatic nitrogens is 3. The third kappa shape index (κ3) is 6.87. The molecule has 0 spiro atoms. The van der Waals surface area contributed by atoms with Crippen molar-refractivity contribution < 1.29 is 47.7 Å². The maximum Gasteiger partial charge on any atom is 0.135 e. The normalized spacial score (nSPS) is 16.2. The number of rotatable bonds is 7. The van der Waals surface area contributed by atoms with Crippen LogP contribution in [0.15, 0.2) is 188 Å². The molecule has 0 saturated heterocycles. The van der Waals surface area contributed by atoms with E-state index in [0.29, 0.717) is 22.0 Å². The number of nitrogens with zero attached hydrogens (tertiary/aromatic N) is 5. The van der Waals surface area contributed by atoms with E-state index >= 15 is 0 Å². The predicted octanol–water partition coefficient (Wildman–Crippen LogP) is 15.3. The van der Waals surface area contributed by atoms with Gasteiger partial charge in [0.2, 0.25) is 0 Å². The molecule has 0 radical (unpaired) electrons. The fraction of sp³-hybridized carbons (Fsp3) is 0.0847. The number of anilines is 4. The fourth-order valence-corrected chi connectivity index (χ4v) is 8.63. The van der Waals surface area contributed by atoms with Crippen LogP contribution in [0.4, 0.5) is 22.7 Å². The molecule has 324 valence electrons. The van der Waals surface area contributed by atoms with Gasteiger partial charge in [0, 0.05) is 81.8 Å². The Morgan fingerprint density at radius 1 is 0.621 bits per heavy atom. The Labute approximate surface area is 421 Å². The van der Waals surface area contributed by atoms with Gasteiger partial charge in [0.05, 0.1) is 28.9 Å². The number of hydrogen-bond acceptors (Lipinski definition) is 4. The SMILES string of the molecule is [2H]c1c([2H])c([2H])c(-c2cnc(-n3c4[c-]c(Oc5[c-]c(N6[CH-]N(c7cccc(C(C)(C)C)c7)c7ccccc76)ccc5)cc(-n5c6c([2H])c([2H])c([2H])c([2H])c6c6c([2H])c([2H])c([2H])c([2H])c65)c4c4ccccc43)cc2C([2H])([2H])[2H])c([2H])c1[2H].[Pt]. The second-order valence-corrected chi connectivity index (χ2v) is 16.6. The van der Waals surface area contributed by atoms with E-state index in [2.05, 4.69) is 49.9 Å². The van der Waals surface area contributed by atoms with Crippen LogP contribution in [0.1, 0.15) is 53.8 Å². The number of hydrogen-bond donors (Lipinski definition) is 0. The Kier molecular flexibility index (Phi) is 6.68. The van der Waals surface area contributed by atoms with Gasteiger partial charge in [-0.15, -0.1) is 42.7 Å². The van der Waals surface area contributed by atoms with Gasteiger partial charge in [-0.25, -0.2) is 4.98 Å². The summed E-state index contributed by atoms with van der Waals surface area (Å²) in [7, 11) is 0. The van der Waals surface area contributed by atoms with E-state index in [1.807, 2.05) is 54.0 Å². The number of pyridine rings is 1. The molecule has 0 amide bonds. The van der Waals surface area contributed by atoms with Crippen LogP contribution in [0.2, 0.25) is 0 Å². The predicted molar refractivity (Wildman–Crippen MR) is 267 cm³/mol. The molecule has 0 bridgehead atoms. The summed E-state index contributed by atoms with van der Waals surface area (Å²) in [4.78, 5) is 8.81. The van der Waals surface area contributed by atoms with Crippen LogP contribution in [0, 0.1) is 25.7 Å². The minimum Gasteiger partial charge on any atom is -0.509 e. The van der Waals surface area contributed by atoms with Crippen molar-refractivity contribution in [1.29, 1.82) is 0 Å². The average molecular weight is 1050 g/mol. The summed E-state index contributed by atoms with van der Waals surface area (Å²) in [5, 5.41) is 0.443. The first kappa shape index (κ1) is 27.2. The van der Waals surface area contributed by atoms with Crippen LogP contribution in [-0.2, 0) is 26.5 Å². The molecule has 0 unspecified atom stereocenters. The van der Waals surface area contributed by atoms with Gasteiger partial charge >= 0.3 is 0 Å². The molecule has 0 saturated carbocycles. The van der Waals surface area contributed by atoms with Crippen LogP contribution in [-0.4, -0.2) is 14.1 Å². The first-order valence-corrected chi connectivity index (χ1v) is 20.8. The number of ether oxygens (including phenoxy) is 1. The quantitative estimate of drug-likeness (QED) is 0.149. The van der Waals surface area contributed by atoms with E-state index in [-0.39, 0.29) is 87.9 Å². The van der Waals surface area contributed by atoms with Gasteiger partial charge in [-0.05, 0) is 88.5 Å². The number of para-hydroxylation sites is 5. The summed E-state index contributed by atoms with van der Waals surface area (Å²) in [6, 6.07) is 30.2. The monoisotopic (exact) mass is 1050 g/mol. The van der Waals surface area contributed by atoms with Crippen molar-refractivity contribution in [2.24, 2.45) is 0 Å². The molecule has 1 aliphatic heterocycles. The van der Waals surface area contributed by atoms with Gasteiger partial charge in [-0.3, -0.25) is 0 Å². The van der Waals surface area contributed by atoms with Gasteiger partial charge < -0.3 is 23.7 Å². The molecular weight excluding hydrogens is 990 g/mol. The zero-order valence-corrected chi connectivity index (χ0v) is 37.7. The van der Waals surface area contributed by atoms with Crippen molar-refractivity contribution in [3.63, 3.8) is 0 Å². The van der Waals surface area contributed by atoms with E-state index in [1.165, 1.54) is 10.6 Å². The second-order valence-electron chi connectivity index (χ2n) is 16.6. The Morgan fingerprint density at radius 2 is 1.32 bits per heavy atom. The van der Waals surface area contributed by atoms with Crippen LogP contribution in [0.5, 0.6) is 11.5 Å². The van der Waals surface area contributed by atoms with Crippen molar-refractivity contribution >= 4 is 66.4 Å². The largest absolute Gasteiger partial charge is 0.509 e. The molecule has 8 aromatic carbocycles. The molecule has 0 aliphatic carbocycles. The fourth-order valence-electron chi connectivity index (χ4n) is 8.63. The first-order valence-electron chi connectivity index (χ1n) is 28.8. The molecule has 0 N–H and O–H groups in total. The summed E-state index contributed by atoms with van der Waals surface area (Å²) >= 11 is 0. The van der Waals surface area contributed by atoms with Crippen LogP contribution in [0.3, 0.4) is 0 Å². The van der Waals surface area contributed by atoms with E-state index in [9.17, 15) is 5.48 Å². The van der Waals surface area contributed by atoms with Crippen molar-refractivity contribution in [2.45, 2.75) is 33.0 Å². The molecule has 3 aromatic heterocycles. The zero-order valence-electron chi connectivity index (χ0n) is 51.4. The van der Waals surface area contributed by atoms with Gasteiger partial charge in [0.25, 0.3) is 0 Å². The second kappa shape index (κ2) is 16.2. The van der Waals surface area contributed by atoms with E-state index < -0.39 is 91.0 Å². The average Bonchev–Trinajstić information content (AvgIpc) is 3.20. The van der Waals surface area contributed by atoms with Gasteiger partial charge in [-0.1, -0.05) is 141 Å². The van der Waals surface area contributed by atoms with E-state index in [4.69, 9.17) is 26.2 Å². The third-order valence-electron chi connectivity index (χ3n) is 11.7. The maximum atomic E-state index is 9.43. The van der Waals surface area contributed by atoms with Crippen LogP contribution in [0.25, 0.3) is 66.2 Å². The summed E-state index contributed by atoms with van der Waals surface area (Å²) in [5.41, 5.74) is 3.68. The standard InChI is InChI=1S/C59H44N5O.Pt/c1-39-32-57(60-37-49(39)40-18-6-5-7-19-40)64-52-29-13-10-26-48(52)58-55(63-50-27-11-8-24-46(50)47-25-9-12-28-51(47)63)35-45(36-56(58)64)65-44-23-17-22-43(34-44)62-38-61(53-30-14-15-31-54(53)62)42-21-16-20-41(33-42)59(2,3)4;/h5-33,35,37-38H,1-4H3;/q-3;/i1D3,5D,6D,7D,8D,9D,11D,12D,18D,19D,24D,25D,27D,28D;. The Balaban J connectivity index is 0.00000705. The number of benzene rings is 8. The van der Waals surface area contributed by atoms with E-state index in [1.54, 1.807) is 47.0 Å². The molecule has 66 heavy (non-hydrogen) atoms. The molecule has 1 aliphatic rings. The summed E-state index contributed by atoms with van der Waals surface area (Å²) in [5.74, 6) is 0.140. The Morgan fingerprint density at radius 3 is 2.08 bits per heavy atom. The van der Waals surface area contributed by atoms with Crippen molar-refractivity contribution in [3.8, 4) is 34.1 Å². The smallest absolute Gasteiger partial charge is 0.135 e. The zero-order chi connectivity index (χ0) is 57.6. The summed E-state index contributed by atoms with van der Waals surface area (Å²) < 4.78 is 151. The van der Waals surface area contributed by atoms with Gasteiger partial charge in [0.1, 0.15) is 5.82 Å². The minimum absolute atomic E-state index is 0. The molecular formula is C59H44N5OPt-3. The molecule has 11 aromatic rings. The molecule has 7 heteroatoms. The topological polar surface area (TPSA) is 38.5 Å². The molecule has 6 nitrogen and oxygen atoms in total. The summed E-state index contributed by atoms with van der Waals surface area (Å²) in [6.45, 7) is 5.49. The minimum atomic E-state index is -2.95. The molecule has 0 atom stereocenters. The molecule has 0 fully saturated rings. The third-order valence-corrected chi connectivity index (χ3v) is 11.7. The maximum absolute atomic E-state index is 9.43. The Bertz CT molecular complexity index is 4430. The van der Waals surface area contributed by atoms with Crippen LogP contribution >= 0.6 is 0 Å². The van der Waals surface area contributed by atoms with Crippen molar-refractivity contribution in [3.05, 3.63) is 218 Å². The van der Waals surface area contributed by atoms with Gasteiger partial charge in [0.15, 0.2) is 0 Å². The van der Waals surface area contributed by atoms with Crippen LogP contribution < -0.4 is 14.5 Å². The van der Waals surface area contributed by atoms with E-state index in [0.717, 1.165) is 28.8 Å².